The molecular formula is C18H27N3O4. The number of ether oxygens (including phenoxy) is 2. The zero-order valence-corrected chi connectivity index (χ0v) is 15.1. The first kappa shape index (κ1) is 19.1. The third-order valence-corrected chi connectivity index (χ3v) is 3.90. The van der Waals surface area contributed by atoms with Crippen molar-refractivity contribution >= 4 is 12.0 Å². The van der Waals surface area contributed by atoms with E-state index in [1.807, 2.05) is 45.0 Å². The second-order valence-electron chi connectivity index (χ2n) is 7.17. The predicted molar refractivity (Wildman–Crippen MR) is 93.9 cm³/mol. The lowest BCUT2D eigenvalue weighted by molar-refractivity contribution is -0.120. The van der Waals surface area contributed by atoms with E-state index < -0.39 is 5.60 Å². The topological polar surface area (TPSA) is 93.9 Å². The van der Waals surface area contributed by atoms with E-state index in [1.54, 1.807) is 4.90 Å². The van der Waals surface area contributed by atoms with Crippen molar-refractivity contribution in [2.45, 2.75) is 51.7 Å². The summed E-state index contributed by atoms with van der Waals surface area (Å²) in [5.74, 6) is 5.54. The quantitative estimate of drug-likeness (QED) is 0.482. The van der Waals surface area contributed by atoms with Crippen molar-refractivity contribution in [3.8, 4) is 5.75 Å². The van der Waals surface area contributed by atoms with E-state index >= 15 is 0 Å². The number of hydrogen-bond acceptors (Lipinski definition) is 5. The number of nitrogens with zero attached hydrogens (tertiary/aromatic N) is 1. The lowest BCUT2D eigenvalue weighted by atomic mass is 10.1. The zero-order chi connectivity index (χ0) is 18.4. The minimum absolute atomic E-state index is 0.0116. The number of amides is 2. The lowest BCUT2D eigenvalue weighted by Crippen LogP contribution is -2.42. The molecule has 0 aromatic heterocycles. The van der Waals surface area contributed by atoms with Crippen LogP contribution in [0.2, 0.25) is 0 Å². The van der Waals surface area contributed by atoms with Crippen molar-refractivity contribution in [1.29, 1.82) is 0 Å². The van der Waals surface area contributed by atoms with Gasteiger partial charge in [-0.05, 0) is 51.3 Å². The van der Waals surface area contributed by atoms with E-state index in [0.717, 1.165) is 18.4 Å². The van der Waals surface area contributed by atoms with Crippen molar-refractivity contribution in [3.63, 3.8) is 0 Å². The normalized spacial score (nSPS) is 17.3. The fourth-order valence-corrected chi connectivity index (χ4v) is 2.70. The Balaban J connectivity index is 1.87. The molecule has 0 radical (unpaired) electrons. The van der Waals surface area contributed by atoms with Gasteiger partial charge in [0.1, 0.15) is 18.0 Å². The Bertz CT molecular complexity index is 595. The molecule has 1 saturated heterocycles. The average molecular weight is 349 g/mol. The van der Waals surface area contributed by atoms with E-state index in [-0.39, 0.29) is 24.5 Å². The standard InChI is InChI=1S/C18H27N3O4/c1-18(2,3)25-17(23)21-10-4-5-14(21)12-24-15-8-6-13(7-9-15)11-16(22)20-19/h6-9,14H,4-5,10-12,19H2,1-3H3,(H,20,22)/t14-/m1/s1. The Morgan fingerprint density at radius 1 is 1.28 bits per heavy atom. The van der Waals surface area contributed by atoms with Crippen LogP contribution in [-0.2, 0) is 16.0 Å². The van der Waals surface area contributed by atoms with Crippen LogP contribution in [0.1, 0.15) is 39.2 Å². The van der Waals surface area contributed by atoms with Gasteiger partial charge < -0.3 is 14.4 Å². The second kappa shape index (κ2) is 8.20. The summed E-state index contributed by atoms with van der Waals surface area (Å²) in [6.45, 7) is 6.69. The monoisotopic (exact) mass is 349 g/mol. The van der Waals surface area contributed by atoms with Crippen molar-refractivity contribution in [3.05, 3.63) is 29.8 Å². The van der Waals surface area contributed by atoms with E-state index in [9.17, 15) is 9.59 Å². The van der Waals surface area contributed by atoms with Gasteiger partial charge in [-0.25, -0.2) is 10.6 Å². The summed E-state index contributed by atoms with van der Waals surface area (Å²) < 4.78 is 11.3. The molecule has 0 spiro atoms. The molecule has 138 valence electrons. The van der Waals surface area contributed by atoms with Crippen LogP contribution >= 0.6 is 0 Å². The second-order valence-corrected chi connectivity index (χ2v) is 7.17. The van der Waals surface area contributed by atoms with Gasteiger partial charge in [0, 0.05) is 6.54 Å². The van der Waals surface area contributed by atoms with E-state index in [0.29, 0.717) is 18.9 Å². The molecule has 0 unspecified atom stereocenters. The molecular weight excluding hydrogens is 322 g/mol. The molecule has 25 heavy (non-hydrogen) atoms. The van der Waals surface area contributed by atoms with Crippen LogP contribution in [0.5, 0.6) is 5.75 Å². The summed E-state index contributed by atoms with van der Waals surface area (Å²) in [7, 11) is 0. The van der Waals surface area contributed by atoms with Crippen LogP contribution < -0.4 is 16.0 Å². The first-order valence-electron chi connectivity index (χ1n) is 8.49. The SMILES string of the molecule is CC(C)(C)OC(=O)N1CCC[C@@H]1COc1ccc(CC(=O)NN)cc1. The summed E-state index contributed by atoms with van der Waals surface area (Å²) >= 11 is 0. The Hall–Kier alpha value is -2.28. The van der Waals surface area contributed by atoms with Gasteiger partial charge in [-0.1, -0.05) is 12.1 Å². The Morgan fingerprint density at radius 3 is 2.56 bits per heavy atom. The molecule has 1 aliphatic rings. The van der Waals surface area contributed by atoms with Crippen molar-refractivity contribution < 1.29 is 19.1 Å². The third kappa shape index (κ3) is 5.94. The van der Waals surface area contributed by atoms with Gasteiger partial charge in [-0.15, -0.1) is 0 Å². The number of carbonyl (C=O) groups is 2. The summed E-state index contributed by atoms with van der Waals surface area (Å²) in [6.07, 6.45) is 1.78. The smallest absolute Gasteiger partial charge is 0.410 e. The van der Waals surface area contributed by atoms with Crippen LogP contribution in [0.4, 0.5) is 4.79 Å². The maximum atomic E-state index is 12.3. The van der Waals surface area contributed by atoms with Crippen LogP contribution in [0.25, 0.3) is 0 Å². The van der Waals surface area contributed by atoms with Gasteiger partial charge in [0.25, 0.3) is 0 Å². The number of benzene rings is 1. The maximum absolute atomic E-state index is 12.3. The van der Waals surface area contributed by atoms with Crippen LogP contribution in [0.15, 0.2) is 24.3 Å². The highest BCUT2D eigenvalue weighted by Crippen LogP contribution is 2.22. The molecule has 0 bridgehead atoms. The van der Waals surface area contributed by atoms with E-state index in [4.69, 9.17) is 15.3 Å². The molecule has 3 N–H and O–H groups in total. The van der Waals surface area contributed by atoms with E-state index in [2.05, 4.69) is 5.43 Å². The first-order chi connectivity index (χ1) is 11.8. The molecule has 7 nitrogen and oxygen atoms in total. The largest absolute Gasteiger partial charge is 0.491 e. The third-order valence-electron chi connectivity index (χ3n) is 3.90. The van der Waals surface area contributed by atoms with Gasteiger partial charge in [0.15, 0.2) is 0 Å². The minimum atomic E-state index is -0.503. The van der Waals surface area contributed by atoms with E-state index in [1.165, 1.54) is 0 Å². The molecule has 1 aromatic carbocycles. The number of carbonyl (C=O) groups excluding carboxylic acids is 2. The predicted octanol–water partition coefficient (Wildman–Crippen LogP) is 2.00. The molecule has 2 rings (SSSR count). The highest BCUT2D eigenvalue weighted by atomic mass is 16.6. The summed E-state index contributed by atoms with van der Waals surface area (Å²) in [6, 6.07) is 7.28. The highest BCUT2D eigenvalue weighted by Gasteiger charge is 2.32. The number of rotatable bonds is 5. The Labute approximate surface area is 148 Å². The van der Waals surface area contributed by atoms with Gasteiger partial charge in [0.05, 0.1) is 12.5 Å². The summed E-state index contributed by atoms with van der Waals surface area (Å²) in [4.78, 5) is 25.2. The molecule has 1 heterocycles. The Kier molecular flexibility index (Phi) is 6.25. The van der Waals surface area contributed by atoms with Crippen molar-refractivity contribution in [2.24, 2.45) is 5.84 Å². The molecule has 1 fully saturated rings. The highest BCUT2D eigenvalue weighted by molar-refractivity contribution is 5.77. The fraction of sp³-hybridized carbons (Fsp3) is 0.556. The number of nitrogens with two attached hydrogens (primary N) is 1. The molecule has 0 saturated carbocycles. The van der Waals surface area contributed by atoms with Crippen molar-refractivity contribution in [2.75, 3.05) is 13.2 Å². The number of hydrogen-bond donors (Lipinski definition) is 2. The Morgan fingerprint density at radius 2 is 1.96 bits per heavy atom. The molecule has 1 atom stereocenters. The lowest BCUT2D eigenvalue weighted by Gasteiger charge is -2.28. The molecule has 7 heteroatoms. The molecule has 1 aromatic rings. The van der Waals surface area contributed by atoms with Crippen LogP contribution in [0, 0.1) is 0 Å². The number of nitrogens with one attached hydrogen (secondary N) is 1. The van der Waals surface area contributed by atoms with Crippen LogP contribution in [0.3, 0.4) is 0 Å². The van der Waals surface area contributed by atoms with Crippen LogP contribution in [-0.4, -0.2) is 41.7 Å². The number of likely N-dealkylation sites (tertiary alicyclic amines) is 1. The minimum Gasteiger partial charge on any atom is -0.491 e. The maximum Gasteiger partial charge on any atom is 0.410 e. The average Bonchev–Trinajstić information content (AvgIpc) is 3.01. The summed E-state index contributed by atoms with van der Waals surface area (Å²) in [5, 5.41) is 0. The van der Waals surface area contributed by atoms with Gasteiger partial charge >= 0.3 is 6.09 Å². The molecule has 2 amide bonds. The van der Waals surface area contributed by atoms with Gasteiger partial charge in [0.2, 0.25) is 5.91 Å². The molecule has 0 aliphatic carbocycles. The number of hydrazine groups is 1. The summed E-state index contributed by atoms with van der Waals surface area (Å²) in [5.41, 5.74) is 2.45. The zero-order valence-electron chi connectivity index (χ0n) is 15.1. The fourth-order valence-electron chi connectivity index (χ4n) is 2.70. The first-order valence-corrected chi connectivity index (χ1v) is 8.49. The van der Waals surface area contributed by atoms with Crippen molar-refractivity contribution in [1.82, 2.24) is 10.3 Å². The van der Waals surface area contributed by atoms with Gasteiger partial charge in [-0.3, -0.25) is 10.2 Å². The molecule has 1 aliphatic heterocycles. The van der Waals surface area contributed by atoms with Gasteiger partial charge in [-0.2, -0.15) is 0 Å².